The smallest absolute Gasteiger partial charge is 0.0897 e. The van der Waals surface area contributed by atoms with E-state index in [0.717, 1.165) is 77.8 Å². The first kappa shape index (κ1) is 25.1. The Bertz CT molecular complexity index is 783. The van der Waals surface area contributed by atoms with Crippen LogP contribution >= 0.6 is 0 Å². The molecule has 6 nitrogen and oxygen atoms in total. The van der Waals surface area contributed by atoms with Crippen molar-refractivity contribution in [2.24, 2.45) is 28.6 Å². The van der Waals surface area contributed by atoms with Crippen molar-refractivity contribution < 1.29 is 15.3 Å². The van der Waals surface area contributed by atoms with Gasteiger partial charge in [-0.05, 0) is 94.7 Å². The number of piperazine rings is 1. The third-order valence-electron chi connectivity index (χ3n) is 12.7. The molecular formula is C29H51N3O3. The van der Waals surface area contributed by atoms with Crippen molar-refractivity contribution in [2.75, 3.05) is 46.3 Å². The van der Waals surface area contributed by atoms with Gasteiger partial charge in [-0.15, -0.1) is 0 Å². The summed E-state index contributed by atoms with van der Waals surface area (Å²) >= 11 is 0. The van der Waals surface area contributed by atoms with E-state index in [-0.39, 0.29) is 29.0 Å². The summed E-state index contributed by atoms with van der Waals surface area (Å²) in [7, 11) is 2.21. The van der Waals surface area contributed by atoms with E-state index in [2.05, 4.69) is 35.6 Å². The average Bonchev–Trinajstić information content (AvgIpc) is 3.15. The van der Waals surface area contributed by atoms with Crippen molar-refractivity contribution in [1.82, 2.24) is 14.7 Å². The summed E-state index contributed by atoms with van der Waals surface area (Å²) in [5, 5.41) is 35.3. The van der Waals surface area contributed by atoms with Crippen molar-refractivity contribution in [3.63, 3.8) is 0 Å². The highest BCUT2D eigenvalue weighted by molar-refractivity contribution is 5.22. The highest BCUT2D eigenvalue weighted by atomic mass is 16.3. The molecule has 0 aromatic rings. The van der Waals surface area contributed by atoms with E-state index in [4.69, 9.17) is 0 Å². The van der Waals surface area contributed by atoms with E-state index in [1.807, 2.05) is 0 Å². The van der Waals surface area contributed by atoms with Crippen LogP contribution in [0, 0.1) is 28.6 Å². The van der Waals surface area contributed by atoms with Crippen LogP contribution in [-0.4, -0.2) is 106 Å². The lowest BCUT2D eigenvalue weighted by Gasteiger charge is -2.70. The Balaban J connectivity index is 1.43. The largest absolute Gasteiger partial charge is 0.393 e. The van der Waals surface area contributed by atoms with Crippen molar-refractivity contribution in [1.29, 1.82) is 0 Å². The van der Waals surface area contributed by atoms with Crippen LogP contribution in [-0.2, 0) is 0 Å². The van der Waals surface area contributed by atoms with Crippen LogP contribution in [0.15, 0.2) is 0 Å². The van der Waals surface area contributed by atoms with Crippen LogP contribution in [0.1, 0.15) is 78.1 Å². The molecular weight excluding hydrogens is 438 g/mol. The van der Waals surface area contributed by atoms with Crippen LogP contribution in [0.4, 0.5) is 0 Å². The van der Waals surface area contributed by atoms with Gasteiger partial charge in [0.25, 0.3) is 0 Å². The Hall–Kier alpha value is -0.240. The first-order valence-electron chi connectivity index (χ1n) is 14.9. The summed E-state index contributed by atoms with van der Waals surface area (Å²) in [6.07, 6.45) is 9.80. The normalized spacial score (nSPS) is 54.2. The van der Waals surface area contributed by atoms with E-state index in [9.17, 15) is 15.3 Å². The van der Waals surface area contributed by atoms with Crippen molar-refractivity contribution in [2.45, 2.75) is 108 Å². The zero-order valence-corrected chi connectivity index (χ0v) is 22.5. The topological polar surface area (TPSA) is 70.4 Å². The molecule has 6 rings (SSSR count). The lowest BCUT2D eigenvalue weighted by molar-refractivity contribution is -0.276. The van der Waals surface area contributed by atoms with Crippen molar-refractivity contribution in [3.8, 4) is 0 Å². The minimum absolute atomic E-state index is 0.0386. The number of nitrogens with zero attached hydrogens (tertiary/aromatic N) is 3. The zero-order chi connectivity index (χ0) is 24.6. The summed E-state index contributed by atoms with van der Waals surface area (Å²) < 4.78 is 0. The molecule has 4 aliphatic carbocycles. The molecule has 6 fully saturated rings. The number of fused-ring (bicyclic) bond motifs is 5. The Kier molecular flexibility index (Phi) is 6.38. The van der Waals surface area contributed by atoms with Gasteiger partial charge >= 0.3 is 0 Å². The van der Waals surface area contributed by atoms with Gasteiger partial charge in [0.15, 0.2) is 0 Å². The molecule has 6 aliphatic rings. The molecule has 4 saturated carbocycles. The Morgan fingerprint density at radius 3 is 2.14 bits per heavy atom. The first-order valence-corrected chi connectivity index (χ1v) is 14.9. The third-order valence-corrected chi connectivity index (χ3v) is 12.7. The highest BCUT2D eigenvalue weighted by Gasteiger charge is 2.71. The van der Waals surface area contributed by atoms with Crippen LogP contribution in [0.2, 0.25) is 0 Å². The van der Waals surface area contributed by atoms with Gasteiger partial charge in [0.2, 0.25) is 0 Å². The minimum Gasteiger partial charge on any atom is -0.393 e. The molecule has 0 spiro atoms. The van der Waals surface area contributed by atoms with Gasteiger partial charge < -0.3 is 20.2 Å². The SMILES string of the molecule is CN1CCN(C2CC(O)CC3(O)C(N4CCCCC4)C[C@@H]4[C@@H](CC[C@]5(C)C(O)CC[C@@H]45)[C@@]23C)CC1. The van der Waals surface area contributed by atoms with Crippen LogP contribution in [0.3, 0.4) is 0 Å². The summed E-state index contributed by atoms with van der Waals surface area (Å²) in [6, 6.07) is 0.347. The van der Waals surface area contributed by atoms with Gasteiger partial charge in [-0.2, -0.15) is 0 Å². The molecule has 0 aromatic carbocycles. The van der Waals surface area contributed by atoms with Gasteiger partial charge in [0, 0.05) is 50.1 Å². The van der Waals surface area contributed by atoms with E-state index in [1.165, 1.54) is 19.3 Å². The number of likely N-dealkylation sites (tertiary alicyclic amines) is 1. The quantitative estimate of drug-likeness (QED) is 0.554. The predicted molar refractivity (Wildman–Crippen MR) is 138 cm³/mol. The number of aliphatic hydroxyl groups is 3. The molecule has 2 heterocycles. The average molecular weight is 490 g/mol. The summed E-state index contributed by atoms with van der Waals surface area (Å²) in [5.74, 6) is 1.59. The van der Waals surface area contributed by atoms with Gasteiger partial charge in [-0.1, -0.05) is 20.3 Å². The zero-order valence-electron chi connectivity index (χ0n) is 22.5. The number of rotatable bonds is 2. The Labute approximate surface area is 213 Å². The minimum atomic E-state index is -0.859. The lowest BCUT2D eigenvalue weighted by atomic mass is 9.41. The fourth-order valence-electron chi connectivity index (χ4n) is 10.6. The van der Waals surface area contributed by atoms with Gasteiger partial charge in [-0.3, -0.25) is 9.80 Å². The maximum atomic E-state index is 13.0. The predicted octanol–water partition coefficient (Wildman–Crippen LogP) is 2.56. The van der Waals surface area contributed by atoms with Gasteiger partial charge in [-0.25, -0.2) is 0 Å². The standard InChI is InChI=1S/C29H51N3O3/c1-27-10-9-23-21(22(27)7-8-26(27)34)18-25(31-11-5-4-6-12-31)29(35)19-20(33)17-24(28(23,29)2)32-15-13-30(3)14-16-32/h20-26,33-35H,4-19H2,1-3H3/t20?,21-,22-,23+,24?,25?,26?,27-,28-,29?/m0/s1. The fourth-order valence-corrected chi connectivity index (χ4v) is 10.6. The summed E-state index contributed by atoms with van der Waals surface area (Å²) in [5.41, 5.74) is -1.05. The van der Waals surface area contributed by atoms with Gasteiger partial charge in [0.1, 0.15) is 0 Å². The molecule has 6 heteroatoms. The Morgan fingerprint density at radius 1 is 0.743 bits per heavy atom. The molecule has 0 bridgehead atoms. The summed E-state index contributed by atoms with van der Waals surface area (Å²) in [4.78, 5) is 7.70. The van der Waals surface area contributed by atoms with Crippen molar-refractivity contribution in [3.05, 3.63) is 0 Å². The molecule has 0 amide bonds. The third kappa shape index (κ3) is 3.64. The van der Waals surface area contributed by atoms with E-state index < -0.39 is 11.7 Å². The van der Waals surface area contributed by atoms with Crippen molar-refractivity contribution >= 4 is 0 Å². The molecule has 0 radical (unpaired) electrons. The highest BCUT2D eigenvalue weighted by Crippen LogP contribution is 2.68. The number of aliphatic hydroxyl groups excluding tert-OH is 2. The molecule has 35 heavy (non-hydrogen) atoms. The Morgan fingerprint density at radius 2 is 1.43 bits per heavy atom. The second-order valence-electron chi connectivity index (χ2n) is 14.0. The molecule has 200 valence electrons. The van der Waals surface area contributed by atoms with E-state index >= 15 is 0 Å². The first-order chi connectivity index (χ1) is 16.7. The van der Waals surface area contributed by atoms with E-state index in [1.54, 1.807) is 0 Å². The number of hydrogen-bond acceptors (Lipinski definition) is 6. The maximum absolute atomic E-state index is 13.0. The molecule has 3 N–H and O–H groups in total. The number of hydrogen-bond donors (Lipinski definition) is 3. The molecule has 10 atom stereocenters. The monoisotopic (exact) mass is 489 g/mol. The molecule has 2 saturated heterocycles. The fraction of sp³-hybridized carbons (Fsp3) is 1.00. The van der Waals surface area contributed by atoms with E-state index in [0.29, 0.717) is 24.2 Å². The van der Waals surface area contributed by atoms with Crippen LogP contribution in [0.5, 0.6) is 0 Å². The molecule has 2 aliphatic heterocycles. The molecule has 5 unspecified atom stereocenters. The second-order valence-corrected chi connectivity index (χ2v) is 14.0. The summed E-state index contributed by atoms with van der Waals surface area (Å²) in [6.45, 7) is 11.2. The molecule has 0 aromatic heterocycles. The van der Waals surface area contributed by atoms with Crippen LogP contribution < -0.4 is 0 Å². The van der Waals surface area contributed by atoms with Crippen LogP contribution in [0.25, 0.3) is 0 Å². The second kappa shape index (κ2) is 8.91. The number of piperidine rings is 1. The maximum Gasteiger partial charge on any atom is 0.0897 e. The van der Waals surface area contributed by atoms with Gasteiger partial charge in [0.05, 0.1) is 17.8 Å². The number of likely N-dealkylation sites (N-methyl/N-ethyl adjacent to an activating group) is 1. The lowest BCUT2D eigenvalue weighted by Crippen LogP contribution is -2.78.